The highest BCUT2D eigenvalue weighted by Crippen LogP contribution is 2.25. The van der Waals surface area contributed by atoms with Gasteiger partial charge in [0.15, 0.2) is 0 Å². The molecule has 0 aromatic heterocycles. The number of carbonyl (C=O) groups is 3. The van der Waals surface area contributed by atoms with Crippen LogP contribution >= 0.6 is 0 Å². The summed E-state index contributed by atoms with van der Waals surface area (Å²) in [4.78, 5) is 34.9. The first-order valence-corrected chi connectivity index (χ1v) is 5.17. The third-order valence-corrected chi connectivity index (χ3v) is 2.34. The molecule has 0 saturated carbocycles. The Hall–Kier alpha value is -2.37. The van der Waals surface area contributed by atoms with Crippen LogP contribution in [0.2, 0.25) is 0 Å². The van der Waals surface area contributed by atoms with Crippen molar-refractivity contribution in [3.63, 3.8) is 0 Å². The minimum atomic E-state index is -0.643. The molecule has 96 valence electrons. The molecule has 6 nitrogen and oxygen atoms in total. The molecule has 0 heterocycles. The number of nitrogens with two attached hydrogens (primary N) is 1. The number of primary amides is 1. The molecule has 6 heteroatoms. The molecule has 2 N–H and O–H groups in total. The molecule has 0 fully saturated rings. The SMILES string of the molecule is COc1cc(N(C(C)=O)C(C)=O)ccc1C(N)=O. The van der Waals surface area contributed by atoms with Gasteiger partial charge in [-0.3, -0.25) is 19.3 Å². The van der Waals surface area contributed by atoms with Crippen molar-refractivity contribution in [1.29, 1.82) is 0 Å². The van der Waals surface area contributed by atoms with E-state index in [1.165, 1.54) is 39.2 Å². The zero-order valence-electron chi connectivity index (χ0n) is 10.4. The summed E-state index contributed by atoms with van der Waals surface area (Å²) in [6, 6.07) is 4.30. The standard InChI is InChI=1S/C12H14N2O4/c1-7(15)14(8(2)16)9-4-5-10(12(13)17)11(6-9)18-3/h4-6H,1-3H3,(H2,13,17). The second kappa shape index (κ2) is 5.31. The number of nitrogens with zero attached hydrogens (tertiary/aromatic N) is 1. The highest BCUT2D eigenvalue weighted by molar-refractivity contribution is 6.13. The van der Waals surface area contributed by atoms with Crippen LogP contribution in [0.4, 0.5) is 5.69 Å². The summed E-state index contributed by atoms with van der Waals surface area (Å²) in [5, 5.41) is 0. The lowest BCUT2D eigenvalue weighted by molar-refractivity contribution is -0.124. The third-order valence-electron chi connectivity index (χ3n) is 2.34. The molecule has 3 amide bonds. The highest BCUT2D eigenvalue weighted by Gasteiger charge is 2.19. The van der Waals surface area contributed by atoms with Gasteiger partial charge >= 0.3 is 0 Å². The summed E-state index contributed by atoms with van der Waals surface area (Å²) >= 11 is 0. The van der Waals surface area contributed by atoms with Crippen molar-refractivity contribution in [3.8, 4) is 5.75 Å². The number of benzene rings is 1. The van der Waals surface area contributed by atoms with E-state index in [9.17, 15) is 14.4 Å². The molecular formula is C12H14N2O4. The molecule has 0 aliphatic heterocycles. The van der Waals surface area contributed by atoms with Crippen LogP contribution in [0.15, 0.2) is 18.2 Å². The summed E-state index contributed by atoms with van der Waals surface area (Å²) in [5.74, 6) is -1.27. The Morgan fingerprint density at radius 3 is 2.11 bits per heavy atom. The Bertz CT molecular complexity index is 497. The molecule has 0 aliphatic rings. The first-order valence-electron chi connectivity index (χ1n) is 5.17. The van der Waals surface area contributed by atoms with Crippen molar-refractivity contribution in [2.75, 3.05) is 12.0 Å². The van der Waals surface area contributed by atoms with E-state index >= 15 is 0 Å². The first kappa shape index (κ1) is 13.7. The van der Waals surface area contributed by atoms with Gasteiger partial charge in [-0.1, -0.05) is 0 Å². The normalized spacial score (nSPS) is 9.72. The van der Waals surface area contributed by atoms with Gasteiger partial charge < -0.3 is 10.5 Å². The second-order valence-corrected chi connectivity index (χ2v) is 3.62. The molecule has 0 saturated heterocycles. The summed E-state index contributed by atoms with van der Waals surface area (Å²) in [7, 11) is 1.37. The fourth-order valence-corrected chi connectivity index (χ4v) is 1.61. The average Bonchev–Trinajstić information content (AvgIpc) is 2.27. The topological polar surface area (TPSA) is 89.7 Å². The van der Waals surface area contributed by atoms with E-state index in [0.717, 1.165) is 4.90 Å². The monoisotopic (exact) mass is 250 g/mol. The van der Waals surface area contributed by atoms with Gasteiger partial charge in [0.05, 0.1) is 18.4 Å². The van der Waals surface area contributed by atoms with Crippen LogP contribution in [0.3, 0.4) is 0 Å². The van der Waals surface area contributed by atoms with Crippen molar-refractivity contribution < 1.29 is 19.1 Å². The van der Waals surface area contributed by atoms with Gasteiger partial charge in [0.1, 0.15) is 5.75 Å². The second-order valence-electron chi connectivity index (χ2n) is 3.62. The van der Waals surface area contributed by atoms with Crippen LogP contribution < -0.4 is 15.4 Å². The van der Waals surface area contributed by atoms with E-state index in [-0.39, 0.29) is 11.3 Å². The molecule has 0 bridgehead atoms. The molecule has 18 heavy (non-hydrogen) atoms. The average molecular weight is 250 g/mol. The minimum absolute atomic E-state index is 0.188. The van der Waals surface area contributed by atoms with Crippen molar-refractivity contribution in [3.05, 3.63) is 23.8 Å². The fraction of sp³-hybridized carbons (Fsp3) is 0.250. The molecule has 1 rings (SSSR count). The van der Waals surface area contributed by atoms with Crippen molar-refractivity contribution in [2.45, 2.75) is 13.8 Å². The van der Waals surface area contributed by atoms with E-state index in [2.05, 4.69) is 0 Å². The number of amides is 3. The molecule has 0 unspecified atom stereocenters. The molecular weight excluding hydrogens is 236 g/mol. The number of imide groups is 1. The lowest BCUT2D eigenvalue weighted by Crippen LogP contribution is -2.33. The zero-order chi connectivity index (χ0) is 13.9. The van der Waals surface area contributed by atoms with Crippen LogP contribution in [0.1, 0.15) is 24.2 Å². The van der Waals surface area contributed by atoms with Gasteiger partial charge in [-0.2, -0.15) is 0 Å². The van der Waals surface area contributed by atoms with Crippen LogP contribution in [-0.4, -0.2) is 24.8 Å². The van der Waals surface area contributed by atoms with E-state index < -0.39 is 17.7 Å². The van der Waals surface area contributed by atoms with E-state index in [1.54, 1.807) is 0 Å². The van der Waals surface area contributed by atoms with Crippen LogP contribution in [0, 0.1) is 0 Å². The van der Waals surface area contributed by atoms with Gasteiger partial charge in [0, 0.05) is 19.9 Å². The van der Waals surface area contributed by atoms with Crippen LogP contribution in [0.5, 0.6) is 5.75 Å². The van der Waals surface area contributed by atoms with E-state index in [4.69, 9.17) is 10.5 Å². The lowest BCUT2D eigenvalue weighted by Gasteiger charge is -2.18. The molecule has 1 aromatic rings. The van der Waals surface area contributed by atoms with Crippen molar-refractivity contribution in [2.24, 2.45) is 5.73 Å². The Morgan fingerprint density at radius 2 is 1.72 bits per heavy atom. The van der Waals surface area contributed by atoms with Gasteiger partial charge in [0.2, 0.25) is 11.8 Å². The quantitative estimate of drug-likeness (QED) is 0.854. The smallest absolute Gasteiger partial charge is 0.252 e. The third kappa shape index (κ3) is 2.65. The Kier molecular flexibility index (Phi) is 4.04. The molecule has 0 spiro atoms. The summed E-state index contributed by atoms with van der Waals surface area (Å²) in [5.41, 5.74) is 5.69. The Balaban J connectivity index is 3.31. The van der Waals surface area contributed by atoms with Gasteiger partial charge in [-0.15, -0.1) is 0 Å². The first-order chi connectivity index (χ1) is 8.38. The van der Waals surface area contributed by atoms with Gasteiger partial charge in [0.25, 0.3) is 5.91 Å². The van der Waals surface area contributed by atoms with Gasteiger partial charge in [-0.05, 0) is 12.1 Å². The van der Waals surface area contributed by atoms with Crippen LogP contribution in [-0.2, 0) is 9.59 Å². The summed E-state index contributed by atoms with van der Waals surface area (Å²) in [6.07, 6.45) is 0. The maximum Gasteiger partial charge on any atom is 0.252 e. The lowest BCUT2D eigenvalue weighted by atomic mass is 10.1. The summed E-state index contributed by atoms with van der Waals surface area (Å²) < 4.78 is 5.01. The molecule has 1 aromatic carbocycles. The number of methoxy groups -OCH3 is 1. The molecule has 0 aliphatic carbocycles. The zero-order valence-corrected chi connectivity index (χ0v) is 10.4. The van der Waals surface area contributed by atoms with E-state index in [1.807, 2.05) is 0 Å². The molecule has 0 radical (unpaired) electrons. The Morgan fingerprint density at radius 1 is 1.17 bits per heavy atom. The van der Waals surface area contributed by atoms with Crippen molar-refractivity contribution >= 4 is 23.4 Å². The fourth-order valence-electron chi connectivity index (χ4n) is 1.61. The predicted octanol–water partition coefficient (Wildman–Crippen LogP) is 0.694. The number of hydrogen-bond acceptors (Lipinski definition) is 4. The van der Waals surface area contributed by atoms with Gasteiger partial charge in [-0.25, -0.2) is 0 Å². The minimum Gasteiger partial charge on any atom is -0.496 e. The maximum absolute atomic E-state index is 11.4. The number of anilines is 1. The highest BCUT2D eigenvalue weighted by atomic mass is 16.5. The number of rotatable bonds is 3. The van der Waals surface area contributed by atoms with E-state index in [0.29, 0.717) is 5.69 Å². The van der Waals surface area contributed by atoms with Crippen LogP contribution in [0.25, 0.3) is 0 Å². The number of carbonyl (C=O) groups excluding carboxylic acids is 3. The van der Waals surface area contributed by atoms with Crippen molar-refractivity contribution in [1.82, 2.24) is 0 Å². The number of ether oxygens (including phenoxy) is 1. The summed E-state index contributed by atoms with van der Waals surface area (Å²) in [6.45, 7) is 2.55. The predicted molar refractivity (Wildman–Crippen MR) is 65.4 cm³/mol. The Labute approximate surface area is 104 Å². The molecule has 0 atom stereocenters. The maximum atomic E-state index is 11.4. The number of hydrogen-bond donors (Lipinski definition) is 1. The largest absolute Gasteiger partial charge is 0.496 e.